The summed E-state index contributed by atoms with van der Waals surface area (Å²) in [6.07, 6.45) is 2.51. The number of nitrogens with zero attached hydrogens (tertiary/aromatic N) is 2. The molecule has 2 rings (SSSR count). The lowest BCUT2D eigenvalue weighted by atomic mass is 10.1. The van der Waals surface area contributed by atoms with Gasteiger partial charge in [-0.3, -0.25) is 4.99 Å². The lowest BCUT2D eigenvalue weighted by Crippen LogP contribution is -2.47. The van der Waals surface area contributed by atoms with Crippen molar-refractivity contribution in [3.05, 3.63) is 28.7 Å². The molecule has 128 valence electrons. The van der Waals surface area contributed by atoms with E-state index in [1.165, 1.54) is 0 Å². The molecule has 1 saturated heterocycles. The Morgan fingerprint density at radius 3 is 2.83 bits per heavy atom. The van der Waals surface area contributed by atoms with E-state index in [0.29, 0.717) is 12.7 Å². The van der Waals surface area contributed by atoms with Crippen LogP contribution in [-0.4, -0.2) is 56.9 Å². The van der Waals surface area contributed by atoms with E-state index in [1.807, 2.05) is 31.3 Å². The average molecular weight is 384 g/mol. The van der Waals surface area contributed by atoms with Gasteiger partial charge in [0.1, 0.15) is 12.4 Å². The van der Waals surface area contributed by atoms with Crippen LogP contribution in [-0.2, 0) is 4.74 Å². The molecule has 0 amide bonds. The number of guanidine groups is 1. The van der Waals surface area contributed by atoms with Gasteiger partial charge in [0.05, 0.1) is 12.6 Å². The largest absolute Gasteiger partial charge is 0.492 e. The molecule has 0 radical (unpaired) electrons. The van der Waals surface area contributed by atoms with E-state index in [9.17, 15) is 0 Å². The quantitative estimate of drug-likeness (QED) is 0.466. The van der Waals surface area contributed by atoms with Gasteiger partial charge in [-0.25, -0.2) is 0 Å². The fraction of sp³-hybridized carbons (Fsp3) is 0.588. The summed E-state index contributed by atoms with van der Waals surface area (Å²) in [7, 11) is 1.83. The number of rotatable bonds is 6. The summed E-state index contributed by atoms with van der Waals surface area (Å²) in [6.45, 7) is 6.14. The van der Waals surface area contributed by atoms with Gasteiger partial charge in [0.15, 0.2) is 5.96 Å². The maximum absolute atomic E-state index is 5.73. The Labute approximate surface area is 147 Å². The van der Waals surface area contributed by atoms with Crippen LogP contribution in [0.2, 0.25) is 0 Å². The lowest BCUT2D eigenvalue weighted by molar-refractivity contribution is 0.0263. The highest BCUT2D eigenvalue weighted by Crippen LogP contribution is 2.17. The van der Waals surface area contributed by atoms with Crippen molar-refractivity contribution in [3.63, 3.8) is 0 Å². The Morgan fingerprint density at radius 2 is 2.17 bits per heavy atom. The first-order valence-electron chi connectivity index (χ1n) is 8.18. The van der Waals surface area contributed by atoms with Gasteiger partial charge in [-0.15, -0.1) is 0 Å². The molecule has 0 aromatic heterocycles. The molecule has 5 nitrogen and oxygen atoms in total. The van der Waals surface area contributed by atoms with Crippen molar-refractivity contribution in [2.75, 3.05) is 39.9 Å². The number of nitrogens with one attached hydrogen (secondary N) is 1. The molecule has 0 spiro atoms. The molecular weight excluding hydrogens is 358 g/mol. The van der Waals surface area contributed by atoms with E-state index in [1.54, 1.807) is 0 Å². The zero-order valence-electron chi connectivity index (χ0n) is 13.9. The van der Waals surface area contributed by atoms with Gasteiger partial charge in [0, 0.05) is 31.2 Å². The summed E-state index contributed by atoms with van der Waals surface area (Å²) in [5, 5.41) is 3.37. The summed E-state index contributed by atoms with van der Waals surface area (Å²) < 4.78 is 12.4. The first-order valence-corrected chi connectivity index (χ1v) is 8.97. The molecule has 1 aliphatic heterocycles. The molecule has 0 saturated carbocycles. The van der Waals surface area contributed by atoms with Crippen molar-refractivity contribution in [1.29, 1.82) is 0 Å². The Bertz CT molecular complexity index is 502. The fourth-order valence-corrected chi connectivity index (χ4v) is 3.07. The topological polar surface area (TPSA) is 46.1 Å². The van der Waals surface area contributed by atoms with Gasteiger partial charge in [-0.2, -0.15) is 0 Å². The van der Waals surface area contributed by atoms with Crippen molar-refractivity contribution in [2.24, 2.45) is 4.99 Å². The molecule has 23 heavy (non-hydrogen) atoms. The van der Waals surface area contributed by atoms with Crippen molar-refractivity contribution in [2.45, 2.75) is 25.9 Å². The van der Waals surface area contributed by atoms with Crippen molar-refractivity contribution >= 4 is 21.9 Å². The highest BCUT2D eigenvalue weighted by Gasteiger charge is 2.21. The molecule has 0 unspecified atom stereocenters. The number of benzene rings is 1. The smallest absolute Gasteiger partial charge is 0.193 e. The van der Waals surface area contributed by atoms with Crippen molar-refractivity contribution in [1.82, 2.24) is 10.2 Å². The number of likely N-dealkylation sites (tertiary alicyclic amines) is 1. The minimum atomic E-state index is 0.397. The Morgan fingerprint density at radius 1 is 1.39 bits per heavy atom. The number of hydrogen-bond donors (Lipinski definition) is 1. The van der Waals surface area contributed by atoms with E-state index in [0.717, 1.165) is 55.3 Å². The highest BCUT2D eigenvalue weighted by molar-refractivity contribution is 9.10. The van der Waals surface area contributed by atoms with Crippen molar-refractivity contribution < 1.29 is 9.47 Å². The fourth-order valence-electron chi connectivity index (χ4n) is 2.69. The minimum Gasteiger partial charge on any atom is -0.492 e. The Hall–Kier alpha value is -1.27. The van der Waals surface area contributed by atoms with Crippen LogP contribution in [0.1, 0.15) is 19.8 Å². The maximum Gasteiger partial charge on any atom is 0.193 e. The first-order chi connectivity index (χ1) is 11.2. The number of piperidine rings is 1. The molecule has 1 fully saturated rings. The van der Waals surface area contributed by atoms with Crippen LogP contribution in [0, 0.1) is 0 Å². The van der Waals surface area contributed by atoms with Crippen LogP contribution in [0.3, 0.4) is 0 Å². The third kappa shape index (κ3) is 6.03. The van der Waals surface area contributed by atoms with E-state index in [2.05, 4.69) is 38.1 Å². The molecule has 0 bridgehead atoms. The summed E-state index contributed by atoms with van der Waals surface area (Å²) >= 11 is 3.44. The highest BCUT2D eigenvalue weighted by atomic mass is 79.9. The summed E-state index contributed by atoms with van der Waals surface area (Å²) in [5.41, 5.74) is 0. The first kappa shape index (κ1) is 18.1. The van der Waals surface area contributed by atoms with Gasteiger partial charge in [0.2, 0.25) is 0 Å². The van der Waals surface area contributed by atoms with Crippen LogP contribution < -0.4 is 10.1 Å². The van der Waals surface area contributed by atoms with Crippen molar-refractivity contribution in [3.8, 4) is 5.75 Å². The van der Waals surface area contributed by atoms with Crippen LogP contribution in [0.4, 0.5) is 0 Å². The number of ether oxygens (including phenoxy) is 2. The predicted octanol–water partition coefficient (Wildman–Crippen LogP) is 2.90. The maximum atomic E-state index is 5.73. The second-order valence-electron chi connectivity index (χ2n) is 5.42. The number of aliphatic imine (C=N–C) groups is 1. The summed E-state index contributed by atoms with van der Waals surface area (Å²) in [6, 6.07) is 7.87. The van der Waals surface area contributed by atoms with E-state index >= 15 is 0 Å². The zero-order valence-corrected chi connectivity index (χ0v) is 15.5. The Balaban J connectivity index is 1.69. The van der Waals surface area contributed by atoms with Crippen LogP contribution in [0.15, 0.2) is 33.7 Å². The SMILES string of the molecule is CCOC1CCN(C(=NC)NCCOc2cccc(Br)c2)CC1. The van der Waals surface area contributed by atoms with E-state index in [4.69, 9.17) is 9.47 Å². The second kappa shape index (κ2) is 9.78. The minimum absolute atomic E-state index is 0.397. The molecule has 1 aliphatic rings. The van der Waals surface area contributed by atoms with Gasteiger partial charge in [0.25, 0.3) is 0 Å². The van der Waals surface area contributed by atoms with Gasteiger partial charge in [-0.05, 0) is 38.0 Å². The second-order valence-corrected chi connectivity index (χ2v) is 6.34. The predicted molar refractivity (Wildman–Crippen MR) is 97.2 cm³/mol. The normalized spacial score (nSPS) is 16.5. The molecule has 1 N–H and O–H groups in total. The monoisotopic (exact) mass is 383 g/mol. The Kier molecular flexibility index (Phi) is 7.68. The lowest BCUT2D eigenvalue weighted by Gasteiger charge is -2.34. The number of hydrogen-bond acceptors (Lipinski definition) is 3. The molecule has 0 aliphatic carbocycles. The molecule has 1 aromatic carbocycles. The standard InChI is InChI=1S/C17H26BrN3O2/c1-3-22-15-7-10-21(11-8-15)17(19-2)20-9-12-23-16-6-4-5-14(18)13-16/h4-6,13,15H,3,7-12H2,1-2H3,(H,19,20). The third-order valence-electron chi connectivity index (χ3n) is 3.81. The summed E-state index contributed by atoms with van der Waals surface area (Å²) in [4.78, 5) is 6.66. The van der Waals surface area contributed by atoms with Crippen LogP contribution >= 0.6 is 15.9 Å². The summed E-state index contributed by atoms with van der Waals surface area (Å²) in [5.74, 6) is 1.81. The average Bonchev–Trinajstić information content (AvgIpc) is 2.56. The van der Waals surface area contributed by atoms with Gasteiger partial charge >= 0.3 is 0 Å². The van der Waals surface area contributed by atoms with E-state index in [-0.39, 0.29) is 0 Å². The molecule has 0 atom stereocenters. The van der Waals surface area contributed by atoms with E-state index < -0.39 is 0 Å². The third-order valence-corrected chi connectivity index (χ3v) is 4.30. The molecule has 1 heterocycles. The van der Waals surface area contributed by atoms with Gasteiger partial charge < -0.3 is 19.7 Å². The molecular formula is C17H26BrN3O2. The number of halogens is 1. The van der Waals surface area contributed by atoms with Crippen LogP contribution in [0.5, 0.6) is 5.75 Å². The molecule has 6 heteroatoms. The zero-order chi connectivity index (χ0) is 16.5. The van der Waals surface area contributed by atoms with Gasteiger partial charge in [-0.1, -0.05) is 22.0 Å². The molecule has 1 aromatic rings. The van der Waals surface area contributed by atoms with Crippen LogP contribution in [0.25, 0.3) is 0 Å².